The van der Waals surface area contributed by atoms with Gasteiger partial charge in [-0.15, -0.1) is 0 Å². The second kappa shape index (κ2) is 6.97. The SMILES string of the molecule is CCc1ccc(Nc2ncnc(N3CC4(C)CC3CC(C)(C)C4)c2[N+](=O)[O-])cc1. The normalized spacial score (nSPS) is 25.1. The highest BCUT2D eigenvalue weighted by Gasteiger charge is 2.51. The van der Waals surface area contributed by atoms with Crippen molar-refractivity contribution in [3.05, 3.63) is 46.3 Å². The minimum atomic E-state index is -0.353. The van der Waals surface area contributed by atoms with E-state index in [0.29, 0.717) is 5.82 Å². The number of aromatic nitrogens is 2. The van der Waals surface area contributed by atoms with Crippen molar-refractivity contribution >= 4 is 23.0 Å². The Hall–Kier alpha value is -2.70. The highest BCUT2D eigenvalue weighted by molar-refractivity contribution is 5.75. The van der Waals surface area contributed by atoms with Gasteiger partial charge in [0.05, 0.1) is 4.92 Å². The van der Waals surface area contributed by atoms with Crippen molar-refractivity contribution in [2.24, 2.45) is 10.8 Å². The molecule has 2 heterocycles. The van der Waals surface area contributed by atoms with Crippen molar-refractivity contribution in [3.63, 3.8) is 0 Å². The van der Waals surface area contributed by atoms with Crippen LogP contribution in [0.3, 0.4) is 0 Å². The van der Waals surface area contributed by atoms with Gasteiger partial charge in [-0.3, -0.25) is 10.1 Å². The molecule has 2 aliphatic rings. The molecule has 7 heteroatoms. The lowest BCUT2D eigenvalue weighted by atomic mass is 9.65. The molecular formula is C22H29N5O2. The molecule has 1 aromatic heterocycles. The summed E-state index contributed by atoms with van der Waals surface area (Å²) < 4.78 is 0. The second-order valence-corrected chi connectivity index (χ2v) is 9.67. The van der Waals surface area contributed by atoms with Gasteiger partial charge >= 0.3 is 5.69 Å². The van der Waals surface area contributed by atoms with Gasteiger partial charge in [0.2, 0.25) is 11.6 Å². The Morgan fingerprint density at radius 3 is 2.59 bits per heavy atom. The number of hydrogen-bond acceptors (Lipinski definition) is 6. The zero-order chi connectivity index (χ0) is 20.8. The van der Waals surface area contributed by atoms with Crippen LogP contribution in [0.4, 0.5) is 23.0 Å². The molecule has 29 heavy (non-hydrogen) atoms. The number of benzene rings is 1. The maximum Gasteiger partial charge on any atom is 0.353 e. The van der Waals surface area contributed by atoms with Gasteiger partial charge in [0.1, 0.15) is 6.33 Å². The van der Waals surface area contributed by atoms with E-state index in [1.165, 1.54) is 11.9 Å². The molecule has 1 saturated carbocycles. The summed E-state index contributed by atoms with van der Waals surface area (Å²) in [5.74, 6) is 0.680. The quantitative estimate of drug-likeness (QED) is 0.560. The van der Waals surface area contributed by atoms with Gasteiger partial charge in [0.15, 0.2) is 0 Å². The molecule has 1 aliphatic carbocycles. The average Bonchev–Trinajstić information content (AvgIpc) is 2.90. The molecule has 1 aliphatic heterocycles. The lowest BCUT2D eigenvalue weighted by Gasteiger charge is -2.39. The zero-order valence-electron chi connectivity index (χ0n) is 17.6. The predicted molar refractivity (Wildman–Crippen MR) is 115 cm³/mol. The lowest BCUT2D eigenvalue weighted by Crippen LogP contribution is -2.35. The summed E-state index contributed by atoms with van der Waals surface area (Å²) in [6.07, 6.45) is 5.58. The molecule has 2 atom stereocenters. The Balaban J connectivity index is 1.70. The van der Waals surface area contributed by atoms with Gasteiger partial charge in [-0.25, -0.2) is 9.97 Å². The summed E-state index contributed by atoms with van der Waals surface area (Å²) in [6.45, 7) is 9.77. The lowest BCUT2D eigenvalue weighted by molar-refractivity contribution is -0.383. The Kier molecular flexibility index (Phi) is 4.71. The van der Waals surface area contributed by atoms with E-state index in [1.54, 1.807) is 0 Å². The van der Waals surface area contributed by atoms with Gasteiger partial charge in [0.25, 0.3) is 0 Å². The molecule has 2 fully saturated rings. The minimum absolute atomic E-state index is 0.0407. The van der Waals surface area contributed by atoms with Crippen LogP contribution < -0.4 is 10.2 Å². The van der Waals surface area contributed by atoms with Gasteiger partial charge in [-0.1, -0.05) is 39.8 Å². The van der Waals surface area contributed by atoms with Crippen LogP contribution in [0.25, 0.3) is 0 Å². The molecule has 4 rings (SSSR count). The minimum Gasteiger partial charge on any atom is -0.347 e. The number of aryl methyl sites for hydroxylation is 1. The van der Waals surface area contributed by atoms with Crippen LogP contribution in [0.2, 0.25) is 0 Å². The molecule has 2 unspecified atom stereocenters. The number of nitro groups is 1. The fraction of sp³-hybridized carbons (Fsp3) is 0.545. The monoisotopic (exact) mass is 395 g/mol. The highest BCUT2D eigenvalue weighted by Crippen LogP contribution is 2.54. The van der Waals surface area contributed by atoms with E-state index in [1.807, 2.05) is 24.3 Å². The molecular weight excluding hydrogens is 366 g/mol. The number of hydrogen-bond donors (Lipinski definition) is 1. The Morgan fingerprint density at radius 2 is 1.93 bits per heavy atom. The van der Waals surface area contributed by atoms with E-state index in [9.17, 15) is 10.1 Å². The van der Waals surface area contributed by atoms with Gasteiger partial charge in [-0.05, 0) is 54.2 Å². The summed E-state index contributed by atoms with van der Waals surface area (Å²) >= 11 is 0. The van der Waals surface area contributed by atoms with Crippen LogP contribution in [0.1, 0.15) is 52.5 Å². The van der Waals surface area contributed by atoms with E-state index in [0.717, 1.165) is 37.9 Å². The Bertz CT molecular complexity index is 927. The fourth-order valence-electron chi connectivity index (χ4n) is 5.51. The molecule has 0 radical (unpaired) electrons. The van der Waals surface area contributed by atoms with E-state index in [-0.39, 0.29) is 33.3 Å². The van der Waals surface area contributed by atoms with Gasteiger partial charge in [-0.2, -0.15) is 0 Å². The van der Waals surface area contributed by atoms with E-state index >= 15 is 0 Å². The van der Waals surface area contributed by atoms with E-state index in [4.69, 9.17) is 0 Å². The molecule has 7 nitrogen and oxygen atoms in total. The smallest absolute Gasteiger partial charge is 0.347 e. The third-order valence-electron chi connectivity index (χ3n) is 6.30. The molecule has 2 aromatic rings. The Labute approximate surface area is 171 Å². The van der Waals surface area contributed by atoms with E-state index in [2.05, 4.69) is 47.9 Å². The van der Waals surface area contributed by atoms with Crippen molar-refractivity contribution in [1.82, 2.24) is 9.97 Å². The average molecular weight is 396 g/mol. The summed E-state index contributed by atoms with van der Waals surface area (Å²) in [7, 11) is 0. The third kappa shape index (κ3) is 3.78. The first-order valence-corrected chi connectivity index (χ1v) is 10.3. The second-order valence-electron chi connectivity index (χ2n) is 9.67. The van der Waals surface area contributed by atoms with Crippen molar-refractivity contribution in [2.75, 3.05) is 16.8 Å². The molecule has 154 valence electrons. The standard InChI is InChI=1S/C22H29N5O2/c1-5-15-6-8-16(9-7-15)25-19-18(27(28)29)20(24-14-23-19)26-13-22(4)11-17(26)10-21(2,3)12-22/h6-9,14,17H,5,10-13H2,1-4H3,(H,23,24,25). The van der Waals surface area contributed by atoms with Crippen molar-refractivity contribution in [3.8, 4) is 0 Å². The fourth-order valence-corrected chi connectivity index (χ4v) is 5.51. The van der Waals surface area contributed by atoms with E-state index < -0.39 is 0 Å². The van der Waals surface area contributed by atoms with Crippen LogP contribution in [0.15, 0.2) is 30.6 Å². The first-order valence-electron chi connectivity index (χ1n) is 10.3. The highest BCUT2D eigenvalue weighted by atomic mass is 16.6. The largest absolute Gasteiger partial charge is 0.353 e. The summed E-state index contributed by atoms with van der Waals surface area (Å²) in [6, 6.07) is 8.16. The number of fused-ring (bicyclic) bond motifs is 2. The predicted octanol–water partition coefficient (Wildman–Crippen LogP) is 5.10. The number of rotatable bonds is 5. The molecule has 0 amide bonds. The van der Waals surface area contributed by atoms with Crippen LogP contribution >= 0.6 is 0 Å². The number of anilines is 3. The van der Waals surface area contributed by atoms with Gasteiger partial charge < -0.3 is 10.2 Å². The third-order valence-corrected chi connectivity index (χ3v) is 6.30. The van der Waals surface area contributed by atoms with Gasteiger partial charge in [0, 0.05) is 18.3 Å². The Morgan fingerprint density at radius 1 is 1.21 bits per heavy atom. The molecule has 1 N–H and O–H groups in total. The molecule has 2 bridgehead atoms. The number of nitrogens with zero attached hydrogens (tertiary/aromatic N) is 4. The first kappa shape index (κ1) is 19.6. The maximum absolute atomic E-state index is 12.0. The van der Waals surface area contributed by atoms with Crippen molar-refractivity contribution < 1.29 is 4.92 Å². The zero-order valence-corrected chi connectivity index (χ0v) is 17.6. The van der Waals surface area contributed by atoms with Crippen molar-refractivity contribution in [2.45, 2.75) is 59.4 Å². The van der Waals surface area contributed by atoms with Crippen LogP contribution in [0, 0.1) is 20.9 Å². The molecule has 1 aromatic carbocycles. The van der Waals surface area contributed by atoms with Crippen LogP contribution in [-0.4, -0.2) is 27.5 Å². The van der Waals surface area contributed by atoms with Crippen LogP contribution in [0.5, 0.6) is 0 Å². The number of nitrogens with one attached hydrogen (secondary N) is 1. The molecule has 1 saturated heterocycles. The first-order chi connectivity index (χ1) is 13.7. The molecule has 0 spiro atoms. The summed E-state index contributed by atoms with van der Waals surface area (Å²) in [5, 5.41) is 15.2. The van der Waals surface area contributed by atoms with Crippen LogP contribution in [-0.2, 0) is 6.42 Å². The summed E-state index contributed by atoms with van der Waals surface area (Å²) in [4.78, 5) is 22.4. The summed E-state index contributed by atoms with van der Waals surface area (Å²) in [5.41, 5.74) is 2.35. The van der Waals surface area contributed by atoms with Crippen molar-refractivity contribution in [1.29, 1.82) is 0 Å². The maximum atomic E-state index is 12.0. The topological polar surface area (TPSA) is 84.2 Å².